The van der Waals surface area contributed by atoms with E-state index >= 15 is 0 Å². The summed E-state index contributed by atoms with van der Waals surface area (Å²) in [7, 11) is 0. The maximum Gasteiger partial charge on any atom is 0.0678 e. The van der Waals surface area contributed by atoms with Crippen molar-refractivity contribution in [2.45, 2.75) is 31.0 Å². The van der Waals surface area contributed by atoms with Crippen LogP contribution in [0.2, 0.25) is 5.02 Å². The molecule has 100 valence electrons. The summed E-state index contributed by atoms with van der Waals surface area (Å²) in [4.78, 5) is 3.77. The van der Waals surface area contributed by atoms with E-state index in [2.05, 4.69) is 30.9 Å². The van der Waals surface area contributed by atoms with Gasteiger partial charge in [-0.05, 0) is 38.1 Å². The molecule has 1 aliphatic rings. The van der Waals surface area contributed by atoms with Gasteiger partial charge in [0.1, 0.15) is 0 Å². The van der Waals surface area contributed by atoms with Gasteiger partial charge >= 0.3 is 0 Å². The lowest BCUT2D eigenvalue weighted by molar-refractivity contribution is -0.0661. The Morgan fingerprint density at radius 3 is 2.44 bits per heavy atom. The molecular weight excluding hydrogens is 266 g/mol. The average molecular weight is 286 g/mol. The number of nitrogens with zero attached hydrogens (tertiary/aromatic N) is 1. The zero-order valence-corrected chi connectivity index (χ0v) is 12.5. The summed E-state index contributed by atoms with van der Waals surface area (Å²) in [6, 6.07) is 8.06. The maximum atomic E-state index is 5.87. The monoisotopic (exact) mass is 285 g/mol. The molecule has 4 heteroatoms. The highest BCUT2D eigenvalue weighted by Gasteiger charge is 2.21. The van der Waals surface area contributed by atoms with Gasteiger partial charge in [0.15, 0.2) is 0 Å². The van der Waals surface area contributed by atoms with Crippen LogP contribution in [0.3, 0.4) is 0 Å². The molecule has 0 saturated carbocycles. The third kappa shape index (κ3) is 4.47. The SMILES string of the molecule is C[C@@H]1CN(CCSc2ccc(Cl)cc2)C[C@@H](C)O1. The zero-order chi connectivity index (χ0) is 13.0. The highest BCUT2D eigenvalue weighted by molar-refractivity contribution is 7.99. The van der Waals surface area contributed by atoms with Crippen LogP contribution < -0.4 is 0 Å². The number of hydrogen-bond acceptors (Lipinski definition) is 3. The summed E-state index contributed by atoms with van der Waals surface area (Å²) in [6.07, 6.45) is 0.712. The van der Waals surface area contributed by atoms with Crippen molar-refractivity contribution in [2.75, 3.05) is 25.4 Å². The minimum Gasteiger partial charge on any atom is -0.373 e. The Balaban J connectivity index is 1.73. The van der Waals surface area contributed by atoms with Crippen LogP contribution >= 0.6 is 23.4 Å². The predicted molar refractivity (Wildman–Crippen MR) is 78.6 cm³/mol. The van der Waals surface area contributed by atoms with Gasteiger partial charge in [-0.15, -0.1) is 11.8 Å². The molecule has 0 amide bonds. The largest absolute Gasteiger partial charge is 0.373 e. The topological polar surface area (TPSA) is 12.5 Å². The molecule has 0 unspecified atom stereocenters. The van der Waals surface area contributed by atoms with Crippen molar-refractivity contribution in [2.24, 2.45) is 0 Å². The molecule has 1 fully saturated rings. The van der Waals surface area contributed by atoms with Crippen LogP contribution in [0.4, 0.5) is 0 Å². The molecule has 0 N–H and O–H groups in total. The van der Waals surface area contributed by atoms with Gasteiger partial charge in [-0.2, -0.15) is 0 Å². The second-order valence-electron chi connectivity index (χ2n) is 4.82. The molecule has 0 aliphatic carbocycles. The normalized spacial score (nSPS) is 25.3. The number of hydrogen-bond donors (Lipinski definition) is 0. The Hall–Kier alpha value is -0.220. The van der Waals surface area contributed by atoms with Gasteiger partial charge in [0.25, 0.3) is 0 Å². The van der Waals surface area contributed by atoms with Crippen LogP contribution in [0.5, 0.6) is 0 Å². The molecule has 0 aromatic heterocycles. The van der Waals surface area contributed by atoms with Crippen molar-refractivity contribution in [3.63, 3.8) is 0 Å². The van der Waals surface area contributed by atoms with Crippen LogP contribution in [-0.4, -0.2) is 42.5 Å². The van der Waals surface area contributed by atoms with Crippen LogP contribution in [-0.2, 0) is 4.74 Å². The first-order valence-corrected chi connectivity index (χ1v) is 7.76. The molecule has 2 rings (SSSR count). The summed E-state index contributed by atoms with van der Waals surface area (Å²) in [5.41, 5.74) is 0. The molecule has 2 atom stereocenters. The summed E-state index contributed by atoms with van der Waals surface area (Å²) >= 11 is 7.75. The highest BCUT2D eigenvalue weighted by Crippen LogP contribution is 2.21. The lowest BCUT2D eigenvalue weighted by atomic mass is 10.2. The van der Waals surface area contributed by atoms with E-state index in [0.717, 1.165) is 30.4 Å². The van der Waals surface area contributed by atoms with Gasteiger partial charge in [0.2, 0.25) is 0 Å². The number of thioether (sulfide) groups is 1. The molecule has 1 aliphatic heterocycles. The van der Waals surface area contributed by atoms with Crippen molar-refractivity contribution in [1.82, 2.24) is 4.90 Å². The Labute approximate surface area is 119 Å². The van der Waals surface area contributed by atoms with Crippen LogP contribution in [0.1, 0.15) is 13.8 Å². The van der Waals surface area contributed by atoms with Gasteiger partial charge in [-0.1, -0.05) is 11.6 Å². The van der Waals surface area contributed by atoms with Gasteiger partial charge in [-0.3, -0.25) is 4.90 Å². The third-order valence-electron chi connectivity index (χ3n) is 2.99. The average Bonchev–Trinajstić information content (AvgIpc) is 2.30. The summed E-state index contributed by atoms with van der Waals surface area (Å²) in [5, 5.41) is 0.801. The molecule has 0 bridgehead atoms. The Morgan fingerprint density at radius 2 is 1.83 bits per heavy atom. The Bertz CT molecular complexity index is 361. The standard InChI is InChI=1S/C14H20ClNOS/c1-11-9-16(10-12(2)17-11)7-8-18-14-5-3-13(15)4-6-14/h3-6,11-12H,7-10H2,1-2H3/t11-,12-/m1/s1. The second kappa shape index (κ2) is 6.80. The lowest BCUT2D eigenvalue weighted by Crippen LogP contribution is -2.46. The third-order valence-corrected chi connectivity index (χ3v) is 4.23. The van der Waals surface area contributed by atoms with Gasteiger partial charge in [-0.25, -0.2) is 0 Å². The zero-order valence-electron chi connectivity index (χ0n) is 10.9. The van der Waals surface area contributed by atoms with Gasteiger partial charge < -0.3 is 4.74 Å². The number of rotatable bonds is 4. The minimum atomic E-state index is 0.356. The number of morpholine rings is 1. The van der Waals surface area contributed by atoms with Crippen LogP contribution in [0, 0.1) is 0 Å². The number of benzene rings is 1. The first-order valence-electron chi connectivity index (χ1n) is 6.39. The number of halogens is 1. The summed E-state index contributed by atoms with van der Waals surface area (Å²) in [5.74, 6) is 1.11. The maximum absolute atomic E-state index is 5.87. The minimum absolute atomic E-state index is 0.356. The molecule has 2 nitrogen and oxygen atoms in total. The summed E-state index contributed by atoms with van der Waals surface area (Å²) in [6.45, 7) is 7.51. The van der Waals surface area contributed by atoms with E-state index in [-0.39, 0.29) is 0 Å². The van der Waals surface area contributed by atoms with Crippen molar-refractivity contribution in [3.8, 4) is 0 Å². The first kappa shape index (κ1) is 14.2. The van der Waals surface area contributed by atoms with Crippen molar-refractivity contribution < 1.29 is 4.74 Å². The molecule has 1 saturated heterocycles. The molecular formula is C14H20ClNOS. The molecule has 1 aromatic rings. The molecule has 0 radical (unpaired) electrons. The van der Waals surface area contributed by atoms with E-state index in [4.69, 9.17) is 16.3 Å². The smallest absolute Gasteiger partial charge is 0.0678 e. The second-order valence-corrected chi connectivity index (χ2v) is 6.42. The van der Waals surface area contributed by atoms with E-state index in [1.807, 2.05) is 23.9 Å². The van der Waals surface area contributed by atoms with Crippen LogP contribution in [0.25, 0.3) is 0 Å². The highest BCUT2D eigenvalue weighted by atomic mass is 35.5. The number of ether oxygens (including phenoxy) is 1. The van der Waals surface area contributed by atoms with Crippen LogP contribution in [0.15, 0.2) is 29.2 Å². The fraction of sp³-hybridized carbons (Fsp3) is 0.571. The van der Waals surface area contributed by atoms with E-state index in [9.17, 15) is 0 Å². The van der Waals surface area contributed by atoms with Crippen molar-refractivity contribution in [1.29, 1.82) is 0 Å². The van der Waals surface area contributed by atoms with Crippen molar-refractivity contribution >= 4 is 23.4 Å². The fourth-order valence-corrected chi connectivity index (χ4v) is 3.33. The fourth-order valence-electron chi connectivity index (χ4n) is 2.29. The lowest BCUT2D eigenvalue weighted by Gasteiger charge is -2.35. The molecule has 0 spiro atoms. The molecule has 1 aromatic carbocycles. The quantitative estimate of drug-likeness (QED) is 0.785. The van der Waals surface area contributed by atoms with Gasteiger partial charge in [0.05, 0.1) is 12.2 Å². The van der Waals surface area contributed by atoms with E-state index in [0.29, 0.717) is 12.2 Å². The molecule has 18 heavy (non-hydrogen) atoms. The molecule has 1 heterocycles. The Kier molecular flexibility index (Phi) is 5.37. The first-order chi connectivity index (χ1) is 8.63. The van der Waals surface area contributed by atoms with E-state index < -0.39 is 0 Å². The Morgan fingerprint density at radius 1 is 1.22 bits per heavy atom. The van der Waals surface area contributed by atoms with E-state index in [1.54, 1.807) is 0 Å². The predicted octanol–water partition coefficient (Wildman–Crippen LogP) is 3.54. The summed E-state index contributed by atoms with van der Waals surface area (Å²) < 4.78 is 5.73. The van der Waals surface area contributed by atoms with Crippen molar-refractivity contribution in [3.05, 3.63) is 29.3 Å². The van der Waals surface area contributed by atoms with Gasteiger partial charge in [0, 0.05) is 35.3 Å². The van der Waals surface area contributed by atoms with E-state index in [1.165, 1.54) is 4.90 Å².